The highest BCUT2D eigenvalue weighted by atomic mass is 32.2. The number of hydrogen-bond acceptors (Lipinski definition) is 3. The van der Waals surface area contributed by atoms with E-state index in [4.69, 9.17) is 0 Å². The van der Waals surface area contributed by atoms with E-state index in [-0.39, 0.29) is 16.7 Å². The van der Waals surface area contributed by atoms with Crippen LogP contribution >= 0.6 is 0 Å². The van der Waals surface area contributed by atoms with Crippen molar-refractivity contribution in [2.24, 2.45) is 5.92 Å². The van der Waals surface area contributed by atoms with Crippen molar-refractivity contribution < 1.29 is 13.2 Å². The van der Waals surface area contributed by atoms with Crippen LogP contribution in [-0.2, 0) is 14.8 Å². The lowest BCUT2D eigenvalue weighted by Gasteiger charge is -2.18. The summed E-state index contributed by atoms with van der Waals surface area (Å²) >= 11 is 0. The number of sulfonamides is 1. The summed E-state index contributed by atoms with van der Waals surface area (Å²) < 4.78 is 25.7. The van der Waals surface area contributed by atoms with Crippen molar-refractivity contribution in [3.63, 3.8) is 0 Å². The number of nitrogens with zero attached hydrogens (tertiary/aromatic N) is 1. The first kappa shape index (κ1) is 18.6. The molecule has 0 radical (unpaired) electrons. The lowest BCUT2D eigenvalue weighted by Crippen LogP contribution is -2.24. The molecule has 0 bridgehead atoms. The molecule has 1 rings (SSSR count). The fourth-order valence-corrected chi connectivity index (χ4v) is 3.15. The van der Waals surface area contributed by atoms with Gasteiger partial charge in [-0.1, -0.05) is 20.3 Å². The number of hydrogen-bond donors (Lipinski definition) is 1. The molecular formula is C16H26N2O3S. The molecule has 0 heterocycles. The molecule has 0 aliphatic carbocycles. The molecule has 0 spiro atoms. The molecule has 1 atom stereocenters. The molecule has 0 fully saturated rings. The Morgan fingerprint density at radius 1 is 1.27 bits per heavy atom. The van der Waals surface area contributed by atoms with E-state index in [1.165, 1.54) is 24.5 Å². The van der Waals surface area contributed by atoms with Crippen molar-refractivity contribution >= 4 is 21.6 Å². The molecular weight excluding hydrogens is 300 g/mol. The molecule has 22 heavy (non-hydrogen) atoms. The van der Waals surface area contributed by atoms with E-state index in [0.29, 0.717) is 5.69 Å². The van der Waals surface area contributed by atoms with Crippen LogP contribution in [0.5, 0.6) is 0 Å². The predicted octanol–water partition coefficient (Wildman–Crippen LogP) is 2.93. The van der Waals surface area contributed by atoms with Crippen LogP contribution in [0.4, 0.5) is 5.69 Å². The van der Waals surface area contributed by atoms with E-state index in [9.17, 15) is 13.2 Å². The standard InChI is InChI=1S/C16H26N2O3S/c1-7-8-11(2)16(19)17-15-10-14(9-12(3)13(15)4)22(20,21)18(5)6/h9-11H,7-8H2,1-6H3,(H,17,19)/t11-/m1/s1. The van der Waals surface area contributed by atoms with Crippen LogP contribution in [0.15, 0.2) is 17.0 Å². The minimum atomic E-state index is -3.52. The van der Waals surface area contributed by atoms with Gasteiger partial charge in [-0.25, -0.2) is 12.7 Å². The van der Waals surface area contributed by atoms with E-state index in [2.05, 4.69) is 5.32 Å². The summed E-state index contributed by atoms with van der Waals surface area (Å²) in [6.07, 6.45) is 1.74. The number of aryl methyl sites for hydroxylation is 1. The maximum Gasteiger partial charge on any atom is 0.242 e. The van der Waals surface area contributed by atoms with Crippen molar-refractivity contribution in [3.05, 3.63) is 23.3 Å². The molecule has 6 heteroatoms. The van der Waals surface area contributed by atoms with Gasteiger partial charge in [-0.3, -0.25) is 4.79 Å². The molecule has 0 aromatic heterocycles. The summed E-state index contributed by atoms with van der Waals surface area (Å²) in [7, 11) is -0.539. The first-order valence-electron chi connectivity index (χ1n) is 7.45. The third-order valence-corrected chi connectivity index (χ3v) is 5.64. The topological polar surface area (TPSA) is 66.5 Å². The Labute approximate surface area is 133 Å². The minimum absolute atomic E-state index is 0.0799. The number of benzene rings is 1. The van der Waals surface area contributed by atoms with Gasteiger partial charge in [0.1, 0.15) is 0 Å². The third kappa shape index (κ3) is 4.08. The monoisotopic (exact) mass is 326 g/mol. The second-order valence-corrected chi connectivity index (χ2v) is 8.03. The van der Waals surface area contributed by atoms with Gasteiger partial charge in [0, 0.05) is 25.7 Å². The zero-order chi connectivity index (χ0) is 17.1. The minimum Gasteiger partial charge on any atom is -0.326 e. The Kier molecular flexibility index (Phi) is 6.14. The van der Waals surface area contributed by atoms with Gasteiger partial charge >= 0.3 is 0 Å². The van der Waals surface area contributed by atoms with Crippen molar-refractivity contribution in [2.45, 2.75) is 45.4 Å². The Balaban J connectivity index is 3.21. The molecule has 0 saturated heterocycles. The SMILES string of the molecule is CCC[C@@H](C)C(=O)Nc1cc(S(=O)(=O)N(C)C)cc(C)c1C. The molecule has 124 valence electrons. The number of nitrogens with one attached hydrogen (secondary N) is 1. The normalized spacial score (nSPS) is 13.2. The smallest absolute Gasteiger partial charge is 0.242 e. The predicted molar refractivity (Wildman–Crippen MR) is 89.5 cm³/mol. The Hall–Kier alpha value is -1.40. The van der Waals surface area contributed by atoms with Crippen LogP contribution in [0.3, 0.4) is 0 Å². The van der Waals surface area contributed by atoms with Crippen molar-refractivity contribution in [1.29, 1.82) is 0 Å². The fourth-order valence-electron chi connectivity index (χ4n) is 2.14. The Morgan fingerprint density at radius 3 is 2.36 bits per heavy atom. The van der Waals surface area contributed by atoms with Gasteiger partial charge < -0.3 is 5.32 Å². The first-order chi connectivity index (χ1) is 10.1. The lowest BCUT2D eigenvalue weighted by molar-refractivity contribution is -0.119. The molecule has 0 aliphatic rings. The van der Waals surface area contributed by atoms with Crippen molar-refractivity contribution in [3.8, 4) is 0 Å². The Bertz CT molecular complexity index is 652. The quantitative estimate of drug-likeness (QED) is 0.874. The van der Waals surface area contributed by atoms with Gasteiger partial charge in [-0.15, -0.1) is 0 Å². The summed E-state index contributed by atoms with van der Waals surface area (Å²) in [4.78, 5) is 12.4. The van der Waals surface area contributed by atoms with Crippen LogP contribution < -0.4 is 5.32 Å². The van der Waals surface area contributed by atoms with E-state index < -0.39 is 10.0 Å². The fraction of sp³-hybridized carbons (Fsp3) is 0.562. The van der Waals surface area contributed by atoms with Crippen molar-refractivity contribution in [1.82, 2.24) is 4.31 Å². The van der Waals surface area contributed by atoms with E-state index in [1.807, 2.05) is 27.7 Å². The molecule has 0 aliphatic heterocycles. The average Bonchev–Trinajstić information content (AvgIpc) is 2.43. The van der Waals surface area contributed by atoms with E-state index in [0.717, 1.165) is 24.0 Å². The number of rotatable bonds is 6. The third-order valence-electron chi connectivity index (χ3n) is 3.85. The highest BCUT2D eigenvalue weighted by Gasteiger charge is 2.21. The highest BCUT2D eigenvalue weighted by molar-refractivity contribution is 7.89. The van der Waals surface area contributed by atoms with Gasteiger partial charge in [-0.2, -0.15) is 0 Å². The molecule has 0 unspecified atom stereocenters. The number of amides is 1. The molecule has 1 amide bonds. The molecule has 1 aromatic rings. The van der Waals surface area contributed by atoms with E-state index >= 15 is 0 Å². The zero-order valence-corrected chi connectivity index (χ0v) is 15.0. The van der Waals surface area contributed by atoms with Gasteiger partial charge in [0.05, 0.1) is 4.90 Å². The van der Waals surface area contributed by atoms with Crippen LogP contribution in [0.2, 0.25) is 0 Å². The van der Waals surface area contributed by atoms with Crippen LogP contribution in [0, 0.1) is 19.8 Å². The van der Waals surface area contributed by atoms with Crippen LogP contribution in [-0.4, -0.2) is 32.7 Å². The summed E-state index contributed by atoms with van der Waals surface area (Å²) in [6.45, 7) is 7.63. The first-order valence-corrected chi connectivity index (χ1v) is 8.89. The summed E-state index contributed by atoms with van der Waals surface area (Å²) in [5, 5.41) is 2.87. The lowest BCUT2D eigenvalue weighted by atomic mass is 10.0. The summed E-state index contributed by atoms with van der Waals surface area (Å²) in [6, 6.07) is 3.17. The number of anilines is 1. The second kappa shape index (κ2) is 7.24. The van der Waals surface area contributed by atoms with Gasteiger partial charge in [0.2, 0.25) is 15.9 Å². The zero-order valence-electron chi connectivity index (χ0n) is 14.2. The van der Waals surface area contributed by atoms with E-state index in [1.54, 1.807) is 6.07 Å². The molecule has 1 aromatic carbocycles. The van der Waals surface area contributed by atoms with Gasteiger partial charge in [-0.05, 0) is 43.5 Å². The largest absolute Gasteiger partial charge is 0.326 e. The maximum absolute atomic E-state index is 12.3. The summed E-state index contributed by atoms with van der Waals surface area (Å²) in [5.41, 5.74) is 2.28. The average molecular weight is 326 g/mol. The molecule has 0 saturated carbocycles. The van der Waals surface area contributed by atoms with Gasteiger partial charge in [0.15, 0.2) is 0 Å². The number of carbonyl (C=O) groups excluding carboxylic acids is 1. The highest BCUT2D eigenvalue weighted by Crippen LogP contribution is 2.26. The number of carbonyl (C=O) groups is 1. The maximum atomic E-state index is 12.3. The second-order valence-electron chi connectivity index (χ2n) is 5.88. The molecule has 5 nitrogen and oxygen atoms in total. The van der Waals surface area contributed by atoms with Crippen LogP contribution in [0.25, 0.3) is 0 Å². The van der Waals surface area contributed by atoms with Crippen molar-refractivity contribution in [2.75, 3.05) is 19.4 Å². The Morgan fingerprint density at radius 2 is 1.86 bits per heavy atom. The molecule has 1 N–H and O–H groups in total. The van der Waals surface area contributed by atoms with Gasteiger partial charge in [0.25, 0.3) is 0 Å². The van der Waals surface area contributed by atoms with Crippen LogP contribution in [0.1, 0.15) is 37.8 Å². The summed E-state index contributed by atoms with van der Waals surface area (Å²) in [5.74, 6) is -0.178.